The second-order valence-corrected chi connectivity index (χ2v) is 4.30. The zero-order chi connectivity index (χ0) is 13.1. The molecular weight excluding hydrogens is 265 g/mol. The molecule has 2 N–H and O–H groups in total. The van der Waals surface area contributed by atoms with Crippen molar-refractivity contribution in [3.8, 4) is 0 Å². The van der Waals surface area contributed by atoms with E-state index in [-0.39, 0.29) is 17.2 Å². The minimum absolute atomic E-state index is 0.0490. The van der Waals surface area contributed by atoms with Gasteiger partial charge in [0.1, 0.15) is 11.9 Å². The number of alkyl halides is 1. The third kappa shape index (κ3) is 2.80. The van der Waals surface area contributed by atoms with Gasteiger partial charge in [-0.2, -0.15) is 0 Å². The molecule has 2 rings (SSSR count). The molecule has 9 heteroatoms. The summed E-state index contributed by atoms with van der Waals surface area (Å²) in [5.74, 6) is -1.34. The van der Waals surface area contributed by atoms with E-state index >= 15 is 0 Å². The van der Waals surface area contributed by atoms with Gasteiger partial charge in [-0.1, -0.05) is 5.16 Å². The average molecular weight is 273 g/mol. The first-order chi connectivity index (χ1) is 8.61. The molecule has 1 aromatic rings. The van der Waals surface area contributed by atoms with Gasteiger partial charge in [0.25, 0.3) is 0 Å². The molecule has 0 radical (unpaired) electrons. The van der Waals surface area contributed by atoms with Gasteiger partial charge in [-0.3, -0.25) is 4.79 Å². The van der Waals surface area contributed by atoms with E-state index in [0.717, 1.165) is 11.3 Å². The van der Waals surface area contributed by atoms with Crippen molar-refractivity contribution in [1.82, 2.24) is 4.98 Å². The average Bonchev–Trinajstić information content (AvgIpc) is 2.83. The first-order valence-corrected chi connectivity index (χ1v) is 5.77. The van der Waals surface area contributed by atoms with Gasteiger partial charge >= 0.3 is 5.97 Å². The predicted octanol–water partition coefficient (Wildman–Crippen LogP) is 0.627. The summed E-state index contributed by atoms with van der Waals surface area (Å²) >= 11 is 1.04. The molecule has 7 nitrogen and oxygen atoms in total. The number of amides is 1. The third-order valence-electron chi connectivity index (χ3n) is 2.07. The fourth-order valence-corrected chi connectivity index (χ4v) is 1.72. The van der Waals surface area contributed by atoms with Crippen LogP contribution in [-0.2, 0) is 14.4 Å². The van der Waals surface area contributed by atoms with E-state index in [1.54, 1.807) is 0 Å². The number of carboxylic acids is 1. The van der Waals surface area contributed by atoms with Crippen molar-refractivity contribution in [2.45, 2.75) is 18.7 Å². The Bertz CT molecular complexity index is 504. The predicted molar refractivity (Wildman–Crippen MR) is 60.4 cm³/mol. The van der Waals surface area contributed by atoms with Crippen LogP contribution in [0, 0.1) is 0 Å². The lowest BCUT2D eigenvalue weighted by Gasteiger charge is -1.98. The van der Waals surface area contributed by atoms with Gasteiger partial charge in [0.2, 0.25) is 12.1 Å². The van der Waals surface area contributed by atoms with Gasteiger partial charge in [0.15, 0.2) is 11.2 Å². The monoisotopic (exact) mass is 273 g/mol. The molecule has 2 unspecified atom stereocenters. The molecule has 0 spiro atoms. The van der Waals surface area contributed by atoms with Crippen LogP contribution in [-0.4, -0.2) is 40.5 Å². The molecule has 1 heterocycles. The summed E-state index contributed by atoms with van der Waals surface area (Å²) < 4.78 is 12.5. The second kappa shape index (κ2) is 5.08. The van der Waals surface area contributed by atoms with Crippen LogP contribution in [0.4, 0.5) is 9.52 Å². The van der Waals surface area contributed by atoms with Gasteiger partial charge < -0.3 is 15.3 Å². The molecule has 1 fully saturated rings. The van der Waals surface area contributed by atoms with E-state index in [1.807, 2.05) is 0 Å². The van der Waals surface area contributed by atoms with Gasteiger partial charge in [0.05, 0.1) is 0 Å². The van der Waals surface area contributed by atoms with Crippen molar-refractivity contribution < 1.29 is 23.9 Å². The fraction of sp³-hybridized carbons (Fsp3) is 0.333. The molecule has 0 aliphatic heterocycles. The van der Waals surface area contributed by atoms with E-state index in [1.165, 1.54) is 5.38 Å². The highest BCUT2D eigenvalue weighted by Gasteiger charge is 2.41. The van der Waals surface area contributed by atoms with Crippen LogP contribution >= 0.6 is 11.3 Å². The number of hydrogen-bond acceptors (Lipinski definition) is 6. The van der Waals surface area contributed by atoms with E-state index in [9.17, 15) is 14.0 Å². The summed E-state index contributed by atoms with van der Waals surface area (Å²) in [6, 6.07) is 0. The number of carboxylic acid groups (broad SMARTS) is 1. The first kappa shape index (κ1) is 12.4. The SMILES string of the molecule is O=CNc1nc(/C(=N/OC2CC2F)C(=O)O)cs1. The number of anilines is 1. The number of thiazole rings is 1. The largest absolute Gasteiger partial charge is 0.476 e. The molecule has 18 heavy (non-hydrogen) atoms. The number of aliphatic carboxylic acids is 1. The van der Waals surface area contributed by atoms with E-state index < -0.39 is 24.0 Å². The lowest BCUT2D eigenvalue weighted by molar-refractivity contribution is -0.129. The van der Waals surface area contributed by atoms with E-state index in [4.69, 9.17) is 9.94 Å². The van der Waals surface area contributed by atoms with Crippen LogP contribution in [0.2, 0.25) is 0 Å². The number of hydrogen-bond donors (Lipinski definition) is 2. The maximum Gasteiger partial charge on any atom is 0.360 e. The van der Waals surface area contributed by atoms with Crippen molar-refractivity contribution in [3.05, 3.63) is 11.1 Å². The molecule has 1 saturated carbocycles. The molecule has 1 aromatic heterocycles. The van der Waals surface area contributed by atoms with Crippen LogP contribution in [0.1, 0.15) is 12.1 Å². The molecule has 0 saturated heterocycles. The molecule has 1 amide bonds. The lowest BCUT2D eigenvalue weighted by Crippen LogP contribution is -2.16. The summed E-state index contributed by atoms with van der Waals surface area (Å²) in [5.41, 5.74) is -0.378. The van der Waals surface area contributed by atoms with Crippen LogP contribution in [0.15, 0.2) is 10.5 Å². The standard InChI is InChI=1S/C9H8FN3O4S/c10-4-1-6(4)17-13-7(8(15)16)5-2-18-9(12-5)11-3-14/h2-4,6H,1H2,(H,15,16)(H,11,12,14)/b13-7-. The van der Waals surface area contributed by atoms with Crippen LogP contribution < -0.4 is 5.32 Å². The number of carbonyl (C=O) groups excluding carboxylic acids is 1. The fourth-order valence-electron chi connectivity index (χ4n) is 1.07. The highest BCUT2D eigenvalue weighted by atomic mass is 32.1. The van der Waals surface area contributed by atoms with Crippen LogP contribution in [0.5, 0.6) is 0 Å². The minimum atomic E-state index is -1.34. The first-order valence-electron chi connectivity index (χ1n) is 4.89. The van der Waals surface area contributed by atoms with Crippen LogP contribution in [0.3, 0.4) is 0 Å². The number of halogens is 1. The highest BCUT2D eigenvalue weighted by molar-refractivity contribution is 7.14. The molecular formula is C9H8FN3O4S. The Morgan fingerprint density at radius 1 is 1.78 bits per heavy atom. The summed E-state index contributed by atoms with van der Waals surface area (Å²) in [7, 11) is 0. The number of nitrogens with one attached hydrogen (secondary N) is 1. The van der Waals surface area contributed by atoms with Crippen LogP contribution in [0.25, 0.3) is 0 Å². The lowest BCUT2D eigenvalue weighted by atomic mass is 10.3. The number of aromatic nitrogens is 1. The summed E-state index contributed by atoms with van der Waals surface area (Å²) in [5, 5.41) is 16.2. The molecule has 0 aromatic carbocycles. The molecule has 0 bridgehead atoms. The van der Waals surface area contributed by atoms with Crippen molar-refractivity contribution in [2.75, 3.05) is 5.32 Å². The Labute approximate surface area is 104 Å². The third-order valence-corrected chi connectivity index (χ3v) is 2.84. The quantitative estimate of drug-likeness (QED) is 0.449. The summed E-state index contributed by atoms with van der Waals surface area (Å²) in [4.78, 5) is 29.7. The molecule has 1 aliphatic rings. The Morgan fingerprint density at radius 2 is 2.50 bits per heavy atom. The maximum atomic E-state index is 12.5. The smallest absolute Gasteiger partial charge is 0.360 e. The van der Waals surface area contributed by atoms with Crippen molar-refractivity contribution in [2.24, 2.45) is 5.16 Å². The van der Waals surface area contributed by atoms with E-state index in [0.29, 0.717) is 6.41 Å². The topological polar surface area (TPSA) is 101 Å². The van der Waals surface area contributed by atoms with Gasteiger partial charge in [0, 0.05) is 11.8 Å². The Balaban J connectivity index is 2.12. The zero-order valence-corrected chi connectivity index (χ0v) is 9.69. The molecule has 96 valence electrons. The van der Waals surface area contributed by atoms with Crippen molar-refractivity contribution in [3.63, 3.8) is 0 Å². The highest BCUT2D eigenvalue weighted by Crippen LogP contribution is 2.29. The zero-order valence-electron chi connectivity index (χ0n) is 8.87. The number of oxime groups is 1. The summed E-state index contributed by atoms with van der Waals surface area (Å²) in [6.45, 7) is 0. The Kier molecular flexibility index (Phi) is 3.51. The maximum absolute atomic E-state index is 12.5. The second-order valence-electron chi connectivity index (χ2n) is 3.44. The molecule has 2 atom stereocenters. The Morgan fingerprint density at radius 3 is 3.06 bits per heavy atom. The van der Waals surface area contributed by atoms with Gasteiger partial charge in [-0.05, 0) is 0 Å². The number of nitrogens with zero attached hydrogens (tertiary/aromatic N) is 2. The van der Waals surface area contributed by atoms with Crippen molar-refractivity contribution >= 4 is 34.6 Å². The van der Waals surface area contributed by atoms with Gasteiger partial charge in [-0.25, -0.2) is 14.2 Å². The summed E-state index contributed by atoms with van der Waals surface area (Å²) in [6.07, 6.45) is -1.13. The number of rotatable bonds is 6. The normalized spacial score (nSPS) is 22.4. The van der Waals surface area contributed by atoms with Crippen molar-refractivity contribution in [1.29, 1.82) is 0 Å². The molecule has 1 aliphatic carbocycles. The minimum Gasteiger partial charge on any atom is -0.476 e. The van der Waals surface area contributed by atoms with Gasteiger partial charge in [-0.15, -0.1) is 11.3 Å². The number of carbonyl (C=O) groups is 2. The Hall–Kier alpha value is -2.03. The van der Waals surface area contributed by atoms with E-state index in [2.05, 4.69) is 15.5 Å².